The first-order chi connectivity index (χ1) is 8.40. The molecule has 1 unspecified atom stereocenters. The number of amides is 2. The number of carboxylic acid groups (broad SMARTS) is 1. The molecular formula is C12H23N3O3. The smallest absolute Gasteiger partial charge is 0.327 e. The second kappa shape index (κ2) is 6.04. The first-order valence-electron chi connectivity index (χ1n) is 6.37. The van der Waals surface area contributed by atoms with Crippen LogP contribution in [-0.4, -0.2) is 47.7 Å². The van der Waals surface area contributed by atoms with Crippen LogP contribution in [0.5, 0.6) is 0 Å². The van der Waals surface area contributed by atoms with E-state index in [0.29, 0.717) is 26.1 Å². The fourth-order valence-corrected chi connectivity index (χ4v) is 2.48. The van der Waals surface area contributed by atoms with Crippen molar-refractivity contribution < 1.29 is 14.7 Å². The minimum Gasteiger partial charge on any atom is -0.480 e. The van der Waals surface area contributed by atoms with E-state index in [1.165, 1.54) is 4.90 Å². The maximum Gasteiger partial charge on any atom is 0.327 e. The summed E-state index contributed by atoms with van der Waals surface area (Å²) in [6, 6.07) is -1.06. The molecule has 18 heavy (non-hydrogen) atoms. The molecule has 1 rings (SSSR count). The number of hydrogen-bond acceptors (Lipinski definition) is 3. The van der Waals surface area contributed by atoms with Crippen LogP contribution in [0.25, 0.3) is 0 Å². The van der Waals surface area contributed by atoms with E-state index in [-0.39, 0.29) is 6.03 Å². The molecule has 1 heterocycles. The Hall–Kier alpha value is -1.30. The van der Waals surface area contributed by atoms with E-state index < -0.39 is 17.4 Å². The van der Waals surface area contributed by atoms with E-state index in [1.54, 1.807) is 0 Å². The Labute approximate surface area is 108 Å². The van der Waals surface area contributed by atoms with Crippen LogP contribution in [0.15, 0.2) is 0 Å². The molecule has 0 aromatic rings. The normalized spacial score (nSPS) is 22.6. The molecule has 2 amide bonds. The summed E-state index contributed by atoms with van der Waals surface area (Å²) in [5.41, 5.74) is 4.96. The standard InChI is InChI=1S/C12H23N3O3/c1-12(2)5-3-8-15(9(12)10(16)17)11(18)14-7-4-6-13/h9H,3-8,13H2,1-2H3,(H,14,18)(H,16,17). The molecule has 4 N–H and O–H groups in total. The Bertz CT molecular complexity index is 318. The van der Waals surface area contributed by atoms with Crippen LogP contribution in [0.4, 0.5) is 4.79 Å². The zero-order valence-electron chi connectivity index (χ0n) is 11.1. The van der Waals surface area contributed by atoms with Crippen molar-refractivity contribution in [2.45, 2.75) is 39.2 Å². The SMILES string of the molecule is CC1(C)CCCN(C(=O)NCCCN)C1C(=O)O. The molecule has 1 aliphatic heterocycles. The summed E-state index contributed by atoms with van der Waals surface area (Å²) in [6.45, 7) is 5.28. The van der Waals surface area contributed by atoms with Gasteiger partial charge in [0.1, 0.15) is 6.04 Å². The zero-order valence-corrected chi connectivity index (χ0v) is 11.1. The molecule has 6 nitrogen and oxygen atoms in total. The van der Waals surface area contributed by atoms with Gasteiger partial charge in [-0.2, -0.15) is 0 Å². The van der Waals surface area contributed by atoms with Gasteiger partial charge in [-0.05, 0) is 31.2 Å². The molecule has 0 spiro atoms. The number of carbonyl (C=O) groups excluding carboxylic acids is 1. The number of piperidine rings is 1. The summed E-state index contributed by atoms with van der Waals surface area (Å²) in [5.74, 6) is -0.936. The van der Waals surface area contributed by atoms with E-state index in [1.807, 2.05) is 13.8 Å². The monoisotopic (exact) mass is 257 g/mol. The summed E-state index contributed by atoms with van der Waals surface area (Å²) < 4.78 is 0. The fourth-order valence-electron chi connectivity index (χ4n) is 2.48. The van der Waals surface area contributed by atoms with Gasteiger partial charge in [0.25, 0.3) is 0 Å². The van der Waals surface area contributed by atoms with Gasteiger partial charge in [0.15, 0.2) is 0 Å². The maximum absolute atomic E-state index is 12.0. The molecule has 1 aliphatic rings. The highest BCUT2D eigenvalue weighted by Crippen LogP contribution is 2.35. The van der Waals surface area contributed by atoms with E-state index in [4.69, 9.17) is 5.73 Å². The molecular weight excluding hydrogens is 234 g/mol. The van der Waals surface area contributed by atoms with Crippen LogP contribution in [-0.2, 0) is 4.79 Å². The van der Waals surface area contributed by atoms with E-state index in [2.05, 4.69) is 5.32 Å². The first kappa shape index (κ1) is 14.8. The number of carboxylic acids is 1. The fraction of sp³-hybridized carbons (Fsp3) is 0.833. The van der Waals surface area contributed by atoms with E-state index in [9.17, 15) is 14.7 Å². The van der Waals surface area contributed by atoms with Crippen LogP contribution in [0, 0.1) is 5.41 Å². The highest BCUT2D eigenvalue weighted by atomic mass is 16.4. The predicted molar refractivity (Wildman–Crippen MR) is 68.2 cm³/mol. The number of urea groups is 1. The summed E-state index contributed by atoms with van der Waals surface area (Å²) in [5, 5.41) is 12.0. The van der Waals surface area contributed by atoms with Gasteiger partial charge in [0.2, 0.25) is 0 Å². The number of aliphatic carboxylic acids is 1. The molecule has 0 aliphatic carbocycles. The number of hydrogen-bond donors (Lipinski definition) is 3. The average Bonchev–Trinajstić information content (AvgIpc) is 2.26. The molecule has 104 valence electrons. The van der Waals surface area contributed by atoms with Crippen LogP contribution in [0.1, 0.15) is 33.1 Å². The van der Waals surface area contributed by atoms with Gasteiger partial charge in [-0.25, -0.2) is 9.59 Å². The number of rotatable bonds is 4. The molecule has 0 radical (unpaired) electrons. The average molecular weight is 257 g/mol. The Balaban J connectivity index is 2.72. The van der Waals surface area contributed by atoms with Crippen molar-refractivity contribution in [1.82, 2.24) is 10.2 Å². The third kappa shape index (κ3) is 3.35. The summed E-state index contributed by atoms with van der Waals surface area (Å²) in [6.07, 6.45) is 2.35. The zero-order chi connectivity index (χ0) is 13.8. The Morgan fingerprint density at radius 1 is 1.50 bits per heavy atom. The van der Waals surface area contributed by atoms with Crippen LogP contribution < -0.4 is 11.1 Å². The van der Waals surface area contributed by atoms with Crippen molar-refractivity contribution in [2.75, 3.05) is 19.6 Å². The van der Waals surface area contributed by atoms with E-state index in [0.717, 1.165) is 12.8 Å². The minimum atomic E-state index is -0.936. The second-order valence-electron chi connectivity index (χ2n) is 5.40. The number of carbonyl (C=O) groups is 2. The lowest BCUT2D eigenvalue weighted by molar-refractivity contribution is -0.148. The molecule has 6 heteroatoms. The summed E-state index contributed by atoms with van der Waals surface area (Å²) >= 11 is 0. The highest BCUT2D eigenvalue weighted by Gasteiger charge is 2.44. The van der Waals surface area contributed by atoms with Crippen molar-refractivity contribution in [3.8, 4) is 0 Å². The van der Waals surface area contributed by atoms with Crippen molar-refractivity contribution >= 4 is 12.0 Å². The largest absolute Gasteiger partial charge is 0.480 e. The molecule has 1 fully saturated rings. The molecule has 0 aromatic heterocycles. The van der Waals surface area contributed by atoms with Crippen LogP contribution in [0.3, 0.4) is 0 Å². The van der Waals surface area contributed by atoms with Crippen LogP contribution >= 0.6 is 0 Å². The molecule has 1 atom stereocenters. The molecule has 0 aromatic carbocycles. The van der Waals surface area contributed by atoms with Crippen molar-refractivity contribution in [2.24, 2.45) is 11.1 Å². The van der Waals surface area contributed by atoms with Crippen molar-refractivity contribution in [3.63, 3.8) is 0 Å². The van der Waals surface area contributed by atoms with Crippen molar-refractivity contribution in [1.29, 1.82) is 0 Å². The topological polar surface area (TPSA) is 95.7 Å². The molecule has 1 saturated heterocycles. The third-order valence-corrected chi connectivity index (χ3v) is 3.42. The Morgan fingerprint density at radius 3 is 2.72 bits per heavy atom. The Morgan fingerprint density at radius 2 is 2.17 bits per heavy atom. The van der Waals surface area contributed by atoms with Gasteiger partial charge in [0.05, 0.1) is 0 Å². The number of nitrogens with zero attached hydrogens (tertiary/aromatic N) is 1. The second-order valence-corrected chi connectivity index (χ2v) is 5.40. The van der Waals surface area contributed by atoms with Gasteiger partial charge in [-0.3, -0.25) is 0 Å². The summed E-state index contributed by atoms with van der Waals surface area (Å²) in [7, 11) is 0. The van der Waals surface area contributed by atoms with Gasteiger partial charge >= 0.3 is 12.0 Å². The predicted octanol–water partition coefficient (Wildman–Crippen LogP) is 0.620. The van der Waals surface area contributed by atoms with Gasteiger partial charge in [0, 0.05) is 13.1 Å². The first-order valence-corrected chi connectivity index (χ1v) is 6.37. The maximum atomic E-state index is 12.0. The minimum absolute atomic E-state index is 0.302. The van der Waals surface area contributed by atoms with Gasteiger partial charge in [-0.15, -0.1) is 0 Å². The van der Waals surface area contributed by atoms with E-state index >= 15 is 0 Å². The van der Waals surface area contributed by atoms with Gasteiger partial charge in [-0.1, -0.05) is 13.8 Å². The van der Waals surface area contributed by atoms with Crippen LogP contribution in [0.2, 0.25) is 0 Å². The van der Waals surface area contributed by atoms with Crippen molar-refractivity contribution in [3.05, 3.63) is 0 Å². The third-order valence-electron chi connectivity index (χ3n) is 3.42. The molecule has 0 bridgehead atoms. The highest BCUT2D eigenvalue weighted by molar-refractivity contribution is 5.83. The number of nitrogens with one attached hydrogen (secondary N) is 1. The lowest BCUT2D eigenvalue weighted by Crippen LogP contribution is -2.58. The Kier molecular flexibility index (Phi) is 4.95. The lowest BCUT2D eigenvalue weighted by atomic mass is 9.76. The van der Waals surface area contributed by atoms with Gasteiger partial charge < -0.3 is 21.1 Å². The number of nitrogens with two attached hydrogens (primary N) is 1. The lowest BCUT2D eigenvalue weighted by Gasteiger charge is -2.43. The number of likely N-dealkylation sites (tertiary alicyclic amines) is 1. The summed E-state index contributed by atoms with van der Waals surface area (Å²) in [4.78, 5) is 24.8. The molecule has 0 saturated carbocycles. The quantitative estimate of drug-likeness (QED) is 0.643.